The fraction of sp³-hybridized carbons (Fsp3) is 0.407. The van der Waals surface area contributed by atoms with E-state index in [2.05, 4.69) is 15.5 Å². The standard InChI is InChI=1S/C27H35N5O7S/c1-26(2,3)39-25(34)28-27(4,17-18-12-10-9-11-13-18)24-30-29-22(38-24)19-14-20(23(33)31(5)37-7)16-21(15-19)32(6)40(8,35)36/h9-16H,17H2,1-8H3,(H,28,34). The molecule has 3 aromatic rings. The van der Waals surface area contributed by atoms with Crippen molar-refractivity contribution in [2.75, 3.05) is 31.8 Å². The van der Waals surface area contributed by atoms with Crippen LogP contribution in [-0.2, 0) is 31.6 Å². The first-order valence-corrected chi connectivity index (χ1v) is 14.2. The van der Waals surface area contributed by atoms with Gasteiger partial charge in [0.1, 0.15) is 11.1 Å². The van der Waals surface area contributed by atoms with Gasteiger partial charge < -0.3 is 14.5 Å². The van der Waals surface area contributed by atoms with Crippen molar-refractivity contribution >= 4 is 27.7 Å². The highest BCUT2D eigenvalue weighted by Gasteiger charge is 2.37. The van der Waals surface area contributed by atoms with Gasteiger partial charge >= 0.3 is 6.09 Å². The first-order chi connectivity index (χ1) is 18.5. The molecule has 0 saturated heterocycles. The van der Waals surface area contributed by atoms with Crippen molar-refractivity contribution in [2.45, 2.75) is 45.3 Å². The molecule has 216 valence electrons. The van der Waals surface area contributed by atoms with E-state index in [4.69, 9.17) is 14.0 Å². The van der Waals surface area contributed by atoms with E-state index in [1.807, 2.05) is 30.3 Å². The summed E-state index contributed by atoms with van der Waals surface area (Å²) < 4.78 is 37.1. The van der Waals surface area contributed by atoms with E-state index in [1.165, 1.54) is 39.4 Å². The number of aromatic nitrogens is 2. The lowest BCUT2D eigenvalue weighted by Gasteiger charge is -2.29. The molecular formula is C27H35N5O7S. The van der Waals surface area contributed by atoms with Crippen molar-refractivity contribution in [3.63, 3.8) is 0 Å². The predicted molar refractivity (Wildman–Crippen MR) is 149 cm³/mol. The van der Waals surface area contributed by atoms with Crippen molar-refractivity contribution in [1.82, 2.24) is 20.6 Å². The van der Waals surface area contributed by atoms with Gasteiger partial charge in [0.15, 0.2) is 0 Å². The average molecular weight is 574 g/mol. The van der Waals surface area contributed by atoms with E-state index in [0.717, 1.165) is 21.2 Å². The van der Waals surface area contributed by atoms with Crippen LogP contribution in [0.2, 0.25) is 0 Å². The fourth-order valence-corrected chi connectivity index (χ4v) is 4.25. The van der Waals surface area contributed by atoms with Crippen LogP contribution in [0.15, 0.2) is 52.9 Å². The molecule has 13 heteroatoms. The minimum absolute atomic E-state index is 0.0122. The molecule has 0 bridgehead atoms. The number of alkyl carbamates (subject to hydrolysis) is 1. The summed E-state index contributed by atoms with van der Waals surface area (Å²) in [7, 11) is 0.471. The number of nitrogens with zero attached hydrogens (tertiary/aromatic N) is 4. The molecule has 1 heterocycles. The van der Waals surface area contributed by atoms with Gasteiger partial charge in [0.25, 0.3) is 5.91 Å². The van der Waals surface area contributed by atoms with Gasteiger partial charge in [-0.2, -0.15) is 0 Å². The Kier molecular flexibility index (Phi) is 8.90. The molecule has 0 spiro atoms. The molecule has 0 radical (unpaired) electrons. The zero-order valence-electron chi connectivity index (χ0n) is 23.9. The van der Waals surface area contributed by atoms with E-state index >= 15 is 0 Å². The third kappa shape index (κ3) is 7.57. The number of hydrogen-bond acceptors (Lipinski definition) is 9. The summed E-state index contributed by atoms with van der Waals surface area (Å²) in [6.45, 7) is 7.00. The Balaban J connectivity index is 2.10. The summed E-state index contributed by atoms with van der Waals surface area (Å²) in [5, 5.41) is 12.3. The minimum atomic E-state index is -3.66. The minimum Gasteiger partial charge on any atom is -0.444 e. The number of sulfonamides is 1. The molecule has 1 unspecified atom stereocenters. The topological polar surface area (TPSA) is 144 Å². The second-order valence-electron chi connectivity index (χ2n) is 10.5. The highest BCUT2D eigenvalue weighted by atomic mass is 32.2. The largest absolute Gasteiger partial charge is 0.444 e. The Morgan fingerprint density at radius 2 is 1.68 bits per heavy atom. The van der Waals surface area contributed by atoms with Crippen LogP contribution in [0.4, 0.5) is 10.5 Å². The monoisotopic (exact) mass is 573 g/mol. The van der Waals surface area contributed by atoms with E-state index < -0.39 is 33.2 Å². The number of nitrogens with one attached hydrogen (secondary N) is 1. The molecule has 1 aromatic heterocycles. The van der Waals surface area contributed by atoms with Crippen LogP contribution in [0.25, 0.3) is 11.5 Å². The molecule has 0 aliphatic rings. The Morgan fingerprint density at radius 3 is 2.25 bits per heavy atom. The maximum atomic E-state index is 12.9. The summed E-state index contributed by atoms with van der Waals surface area (Å²) in [6, 6.07) is 13.9. The molecule has 40 heavy (non-hydrogen) atoms. The quantitative estimate of drug-likeness (QED) is 0.378. The number of benzene rings is 2. The number of carbonyl (C=O) groups excluding carboxylic acids is 2. The summed E-state index contributed by atoms with van der Waals surface area (Å²) in [6.07, 6.45) is 0.677. The molecular weight excluding hydrogens is 538 g/mol. The number of amides is 2. The summed E-state index contributed by atoms with van der Waals surface area (Å²) >= 11 is 0. The van der Waals surface area contributed by atoms with Crippen molar-refractivity contribution in [3.8, 4) is 11.5 Å². The molecule has 2 amide bonds. The van der Waals surface area contributed by atoms with Crippen molar-refractivity contribution < 1.29 is 32.0 Å². The fourth-order valence-electron chi connectivity index (χ4n) is 3.77. The number of hydroxylamine groups is 2. The number of anilines is 1. The van der Waals surface area contributed by atoms with E-state index in [1.54, 1.807) is 27.7 Å². The molecule has 0 aliphatic carbocycles. The van der Waals surface area contributed by atoms with Crippen LogP contribution in [-0.4, -0.2) is 68.7 Å². The zero-order chi connectivity index (χ0) is 29.9. The predicted octanol–water partition coefficient (Wildman–Crippen LogP) is 3.75. The number of rotatable bonds is 9. The second kappa shape index (κ2) is 11.6. The van der Waals surface area contributed by atoms with Crippen LogP contribution in [0, 0.1) is 0 Å². The molecule has 1 atom stereocenters. The Morgan fingerprint density at radius 1 is 1.02 bits per heavy atom. The molecule has 1 N–H and O–H groups in total. The van der Waals surface area contributed by atoms with E-state index in [-0.39, 0.29) is 23.0 Å². The Labute approximate surface area is 234 Å². The van der Waals surface area contributed by atoms with Gasteiger partial charge in [-0.3, -0.25) is 13.9 Å². The third-order valence-electron chi connectivity index (χ3n) is 5.91. The van der Waals surface area contributed by atoms with Gasteiger partial charge in [-0.05, 0) is 51.5 Å². The third-order valence-corrected chi connectivity index (χ3v) is 7.11. The highest BCUT2D eigenvalue weighted by molar-refractivity contribution is 7.92. The number of hydrogen-bond donors (Lipinski definition) is 1. The van der Waals surface area contributed by atoms with Crippen LogP contribution < -0.4 is 9.62 Å². The van der Waals surface area contributed by atoms with Gasteiger partial charge in [-0.1, -0.05) is 30.3 Å². The van der Waals surface area contributed by atoms with Gasteiger partial charge in [0, 0.05) is 31.6 Å². The average Bonchev–Trinajstić information content (AvgIpc) is 3.37. The first-order valence-electron chi connectivity index (χ1n) is 12.3. The van der Waals surface area contributed by atoms with Crippen LogP contribution in [0.5, 0.6) is 0 Å². The SMILES string of the molecule is CON(C)C(=O)c1cc(-c2nnc(C(C)(Cc3ccccc3)NC(=O)OC(C)(C)C)o2)cc(N(C)S(C)(=O)=O)c1. The zero-order valence-corrected chi connectivity index (χ0v) is 24.7. The first kappa shape index (κ1) is 30.6. The van der Waals surface area contributed by atoms with Crippen LogP contribution in [0.3, 0.4) is 0 Å². The van der Waals surface area contributed by atoms with Gasteiger partial charge in [-0.25, -0.2) is 18.3 Å². The summed E-state index contributed by atoms with van der Waals surface area (Å²) in [4.78, 5) is 30.7. The summed E-state index contributed by atoms with van der Waals surface area (Å²) in [5.74, 6) is -0.424. The lowest BCUT2D eigenvalue weighted by atomic mass is 9.92. The van der Waals surface area contributed by atoms with E-state index in [0.29, 0.717) is 12.0 Å². The highest BCUT2D eigenvalue weighted by Crippen LogP contribution is 2.31. The maximum absolute atomic E-state index is 12.9. The second-order valence-corrected chi connectivity index (χ2v) is 12.5. The molecule has 0 aliphatic heterocycles. The molecule has 2 aromatic carbocycles. The number of carbonyl (C=O) groups is 2. The normalized spacial score (nSPS) is 13.3. The van der Waals surface area contributed by atoms with Crippen molar-refractivity contribution in [1.29, 1.82) is 0 Å². The van der Waals surface area contributed by atoms with Gasteiger partial charge in [-0.15, -0.1) is 10.2 Å². The smallest absolute Gasteiger partial charge is 0.408 e. The van der Waals surface area contributed by atoms with Crippen LogP contribution in [0.1, 0.15) is 49.5 Å². The molecule has 12 nitrogen and oxygen atoms in total. The Bertz CT molecular complexity index is 1470. The lowest BCUT2D eigenvalue weighted by Crippen LogP contribution is -2.47. The van der Waals surface area contributed by atoms with Gasteiger partial charge in [0.2, 0.25) is 21.8 Å². The molecule has 0 saturated carbocycles. The number of ether oxygens (including phenoxy) is 1. The maximum Gasteiger partial charge on any atom is 0.408 e. The van der Waals surface area contributed by atoms with E-state index in [9.17, 15) is 18.0 Å². The van der Waals surface area contributed by atoms with Crippen molar-refractivity contribution in [2.24, 2.45) is 0 Å². The molecule has 3 rings (SSSR count). The van der Waals surface area contributed by atoms with Crippen LogP contribution >= 0.6 is 0 Å². The molecule has 0 fully saturated rings. The lowest BCUT2D eigenvalue weighted by molar-refractivity contribution is -0.0756. The van der Waals surface area contributed by atoms with Crippen molar-refractivity contribution in [3.05, 3.63) is 65.5 Å². The Hall–Kier alpha value is -3.97. The van der Waals surface area contributed by atoms with Gasteiger partial charge in [0.05, 0.1) is 19.1 Å². The summed E-state index contributed by atoms with van der Waals surface area (Å²) in [5.41, 5.74) is -0.391.